The van der Waals surface area contributed by atoms with Gasteiger partial charge in [-0.15, -0.1) is 0 Å². The molecular weight excluding hydrogens is 326 g/mol. The number of hydrogen-bond donors (Lipinski definition) is 2. The van der Waals surface area contributed by atoms with Crippen LogP contribution in [0.2, 0.25) is 0 Å². The van der Waals surface area contributed by atoms with Gasteiger partial charge in [-0.05, 0) is 43.7 Å². The normalized spacial score (nSPS) is 10.8. The van der Waals surface area contributed by atoms with E-state index in [-0.39, 0.29) is 0 Å². The largest absolute Gasteiger partial charge is 0.467 e. The van der Waals surface area contributed by atoms with Crippen LogP contribution >= 0.6 is 0 Å². The molecule has 0 spiro atoms. The number of carbonyl (C=O) groups is 3. The van der Waals surface area contributed by atoms with Gasteiger partial charge in [-0.1, -0.05) is 0 Å². The lowest BCUT2D eigenvalue weighted by Crippen LogP contribution is -2.37. The number of nitrogens with two attached hydrogens (primary N) is 1. The summed E-state index contributed by atoms with van der Waals surface area (Å²) in [5, 5.41) is 1.80. The molecular formula is C17H19N3O5. The van der Waals surface area contributed by atoms with Crippen molar-refractivity contribution in [1.82, 2.24) is 9.88 Å². The fourth-order valence-corrected chi connectivity index (χ4v) is 2.31. The third-order valence-corrected chi connectivity index (χ3v) is 3.51. The average Bonchev–Trinajstić information content (AvgIpc) is 3.14. The van der Waals surface area contributed by atoms with E-state index in [2.05, 4.69) is 4.57 Å². The molecule has 0 bridgehead atoms. The monoisotopic (exact) mass is 345 g/mol. The van der Waals surface area contributed by atoms with E-state index in [1.165, 1.54) is 6.08 Å². The van der Waals surface area contributed by atoms with Crippen LogP contribution in [0.25, 0.3) is 6.08 Å². The highest BCUT2D eigenvalue weighted by Crippen LogP contribution is 2.18. The molecule has 2 rings (SSSR count). The number of rotatable bonds is 6. The van der Waals surface area contributed by atoms with E-state index in [0.717, 1.165) is 22.7 Å². The van der Waals surface area contributed by atoms with Crippen molar-refractivity contribution < 1.29 is 23.5 Å². The fourth-order valence-electron chi connectivity index (χ4n) is 2.31. The second-order valence-electron chi connectivity index (χ2n) is 5.35. The van der Waals surface area contributed by atoms with Crippen LogP contribution < -0.4 is 11.1 Å². The molecule has 8 heteroatoms. The summed E-state index contributed by atoms with van der Waals surface area (Å²) < 4.78 is 12.1. The first-order valence-corrected chi connectivity index (χ1v) is 7.50. The summed E-state index contributed by atoms with van der Waals surface area (Å²) in [6, 6.07) is 4.65. The summed E-state index contributed by atoms with van der Waals surface area (Å²) in [4.78, 5) is 33.3. The average molecular weight is 345 g/mol. The van der Waals surface area contributed by atoms with Crippen LogP contribution in [0.3, 0.4) is 0 Å². The molecule has 0 radical (unpaired) electrons. The van der Waals surface area contributed by atoms with Crippen molar-refractivity contribution in [3.63, 3.8) is 0 Å². The zero-order valence-electron chi connectivity index (χ0n) is 13.9. The van der Waals surface area contributed by atoms with E-state index < -0.39 is 24.5 Å². The minimum atomic E-state index is -0.999. The van der Waals surface area contributed by atoms with Crippen LogP contribution in [0.5, 0.6) is 0 Å². The van der Waals surface area contributed by atoms with E-state index in [4.69, 9.17) is 14.9 Å². The van der Waals surface area contributed by atoms with Gasteiger partial charge >= 0.3 is 12.0 Å². The molecule has 0 fully saturated rings. The van der Waals surface area contributed by atoms with Gasteiger partial charge < -0.3 is 19.5 Å². The second kappa shape index (κ2) is 8.00. The van der Waals surface area contributed by atoms with Crippen LogP contribution in [-0.2, 0) is 20.9 Å². The molecule has 2 aromatic rings. The van der Waals surface area contributed by atoms with Gasteiger partial charge in [0.25, 0.3) is 5.91 Å². The number of aryl methyl sites for hydroxylation is 1. The van der Waals surface area contributed by atoms with Crippen LogP contribution in [0.15, 0.2) is 35.0 Å². The number of hydrogen-bond acceptors (Lipinski definition) is 5. The smallest absolute Gasteiger partial charge is 0.331 e. The Balaban J connectivity index is 1.97. The van der Waals surface area contributed by atoms with Gasteiger partial charge in [-0.25, -0.2) is 9.59 Å². The van der Waals surface area contributed by atoms with Gasteiger partial charge in [-0.2, -0.15) is 0 Å². The van der Waals surface area contributed by atoms with E-state index >= 15 is 0 Å². The first kappa shape index (κ1) is 18.1. The van der Waals surface area contributed by atoms with Gasteiger partial charge in [-0.3, -0.25) is 10.1 Å². The highest BCUT2D eigenvalue weighted by molar-refractivity contribution is 5.95. The molecule has 0 atom stereocenters. The Hall–Kier alpha value is -3.29. The van der Waals surface area contributed by atoms with E-state index in [1.807, 2.05) is 32.0 Å². The molecule has 2 aromatic heterocycles. The topological polar surface area (TPSA) is 117 Å². The molecule has 0 saturated heterocycles. The van der Waals surface area contributed by atoms with Crippen molar-refractivity contribution in [2.75, 3.05) is 6.61 Å². The third-order valence-electron chi connectivity index (χ3n) is 3.51. The molecule has 3 amide bonds. The van der Waals surface area contributed by atoms with Crippen molar-refractivity contribution in [2.45, 2.75) is 20.4 Å². The highest BCUT2D eigenvalue weighted by atomic mass is 16.5. The zero-order valence-corrected chi connectivity index (χ0v) is 13.9. The molecule has 132 valence electrons. The third kappa shape index (κ3) is 5.10. The highest BCUT2D eigenvalue weighted by Gasteiger charge is 2.10. The minimum absolute atomic E-state index is 0.580. The SMILES string of the molecule is Cc1cc(/C=C/C(=O)OCC(=O)NC(N)=O)c(C)n1Cc1ccco1. The van der Waals surface area contributed by atoms with Gasteiger partial charge in [0.05, 0.1) is 12.8 Å². The number of imide groups is 1. The lowest BCUT2D eigenvalue weighted by atomic mass is 10.2. The standard InChI is InChI=1S/C17H19N3O5/c1-11-8-13(12(2)20(11)9-14-4-3-7-24-14)5-6-16(22)25-10-15(21)19-17(18)23/h3-8H,9-10H2,1-2H3,(H3,18,19,21,23)/b6-5+. The van der Waals surface area contributed by atoms with Crippen LogP contribution in [0.4, 0.5) is 4.79 Å². The zero-order chi connectivity index (χ0) is 18.4. The van der Waals surface area contributed by atoms with Crippen molar-refractivity contribution in [1.29, 1.82) is 0 Å². The number of nitrogens with one attached hydrogen (secondary N) is 1. The summed E-state index contributed by atoms with van der Waals surface area (Å²) in [5.41, 5.74) is 7.61. The number of aromatic nitrogens is 1. The summed E-state index contributed by atoms with van der Waals surface area (Å²) in [7, 11) is 0. The quantitative estimate of drug-likeness (QED) is 0.608. The Bertz CT molecular complexity index is 803. The number of primary amides is 1. The fraction of sp³-hybridized carbons (Fsp3) is 0.235. The van der Waals surface area contributed by atoms with Crippen LogP contribution in [-0.4, -0.2) is 29.1 Å². The Morgan fingerprint density at radius 3 is 2.76 bits per heavy atom. The maximum Gasteiger partial charge on any atom is 0.331 e. The number of amides is 3. The number of ether oxygens (including phenoxy) is 1. The maximum atomic E-state index is 11.6. The van der Waals surface area contributed by atoms with Crippen LogP contribution in [0, 0.1) is 13.8 Å². The lowest BCUT2D eigenvalue weighted by molar-refractivity contribution is -0.143. The molecule has 0 aromatic carbocycles. The first-order valence-electron chi connectivity index (χ1n) is 7.50. The molecule has 2 heterocycles. The Labute approximate surface area is 144 Å². The molecule has 8 nitrogen and oxygen atoms in total. The lowest BCUT2D eigenvalue weighted by Gasteiger charge is -2.07. The predicted octanol–water partition coefficient (Wildman–Crippen LogP) is 1.50. The minimum Gasteiger partial charge on any atom is -0.467 e. The van der Waals surface area contributed by atoms with E-state index in [9.17, 15) is 14.4 Å². The van der Waals surface area contributed by atoms with Gasteiger partial charge in [0.15, 0.2) is 6.61 Å². The Morgan fingerprint density at radius 2 is 2.12 bits per heavy atom. The number of nitrogens with zero attached hydrogens (tertiary/aromatic N) is 1. The predicted molar refractivity (Wildman–Crippen MR) is 89.4 cm³/mol. The van der Waals surface area contributed by atoms with Crippen LogP contribution in [0.1, 0.15) is 22.7 Å². The first-order chi connectivity index (χ1) is 11.9. The van der Waals surface area contributed by atoms with Crippen molar-refractivity contribution >= 4 is 24.0 Å². The number of carbonyl (C=O) groups excluding carboxylic acids is 3. The van der Waals surface area contributed by atoms with Gasteiger partial charge in [0.2, 0.25) is 0 Å². The second-order valence-corrected chi connectivity index (χ2v) is 5.35. The Kier molecular flexibility index (Phi) is 5.78. The van der Waals surface area contributed by atoms with Gasteiger partial charge in [0, 0.05) is 17.5 Å². The summed E-state index contributed by atoms with van der Waals surface area (Å²) in [6.07, 6.45) is 4.44. The number of esters is 1. The molecule has 0 aliphatic heterocycles. The van der Waals surface area contributed by atoms with Crippen molar-refractivity contribution in [3.8, 4) is 0 Å². The molecule has 0 unspecified atom stereocenters. The number of urea groups is 1. The van der Waals surface area contributed by atoms with Gasteiger partial charge in [0.1, 0.15) is 5.76 Å². The molecule has 0 aliphatic carbocycles. The molecule has 0 saturated carbocycles. The molecule has 25 heavy (non-hydrogen) atoms. The molecule has 3 N–H and O–H groups in total. The van der Waals surface area contributed by atoms with Crippen molar-refractivity contribution in [3.05, 3.63) is 53.2 Å². The summed E-state index contributed by atoms with van der Waals surface area (Å²) in [5.74, 6) is -0.654. The Morgan fingerprint density at radius 1 is 1.36 bits per heavy atom. The molecule has 0 aliphatic rings. The summed E-state index contributed by atoms with van der Waals surface area (Å²) >= 11 is 0. The number of furan rings is 1. The summed E-state index contributed by atoms with van der Waals surface area (Å²) in [6.45, 7) is 3.90. The van der Waals surface area contributed by atoms with Crippen molar-refractivity contribution in [2.24, 2.45) is 5.73 Å². The van der Waals surface area contributed by atoms with E-state index in [1.54, 1.807) is 17.7 Å². The van der Waals surface area contributed by atoms with E-state index in [0.29, 0.717) is 6.54 Å². The maximum absolute atomic E-state index is 11.6.